The minimum atomic E-state index is 0.237. The minimum absolute atomic E-state index is 0.237. The van der Waals surface area contributed by atoms with Gasteiger partial charge in [-0.1, -0.05) is 51.4 Å². The van der Waals surface area contributed by atoms with Crippen molar-refractivity contribution in [3.63, 3.8) is 0 Å². The molecule has 0 radical (unpaired) electrons. The molecule has 1 amide bonds. The van der Waals surface area contributed by atoms with Gasteiger partial charge in [0.25, 0.3) is 0 Å². The highest BCUT2D eigenvalue weighted by atomic mass is 16.2. The van der Waals surface area contributed by atoms with Gasteiger partial charge in [-0.25, -0.2) is 0 Å². The van der Waals surface area contributed by atoms with Crippen LogP contribution in [0.1, 0.15) is 89.9 Å². The number of carbonyl (C=O) groups excluding carboxylic acids is 1. The van der Waals surface area contributed by atoms with Crippen LogP contribution in [-0.2, 0) is 4.79 Å². The molecule has 0 aromatic carbocycles. The maximum absolute atomic E-state index is 12.1. The molecule has 2 unspecified atom stereocenters. The first-order valence-electron chi connectivity index (χ1n) is 12.5. The predicted molar refractivity (Wildman–Crippen MR) is 119 cm³/mol. The second-order valence-corrected chi connectivity index (χ2v) is 10.9. The molecule has 166 valence electrons. The van der Waals surface area contributed by atoms with Crippen LogP contribution in [0.25, 0.3) is 0 Å². The van der Waals surface area contributed by atoms with Gasteiger partial charge in [-0.05, 0) is 50.6 Å². The van der Waals surface area contributed by atoms with Crippen molar-refractivity contribution in [1.29, 1.82) is 0 Å². The van der Waals surface area contributed by atoms with Gasteiger partial charge in [0.1, 0.15) is 0 Å². The number of amides is 1. The quantitative estimate of drug-likeness (QED) is 0.704. The lowest BCUT2D eigenvalue weighted by molar-refractivity contribution is -0.126. The topological polar surface area (TPSA) is 61.6 Å². The Labute approximate surface area is 178 Å². The van der Waals surface area contributed by atoms with Gasteiger partial charge in [-0.3, -0.25) is 9.69 Å². The lowest BCUT2D eigenvalue weighted by Gasteiger charge is -2.51. The Morgan fingerprint density at radius 2 is 1.52 bits per heavy atom. The van der Waals surface area contributed by atoms with Crippen molar-refractivity contribution in [2.45, 2.75) is 108 Å². The van der Waals surface area contributed by atoms with Crippen LogP contribution in [0.3, 0.4) is 0 Å². The summed E-state index contributed by atoms with van der Waals surface area (Å²) in [5.41, 5.74) is 7.22. The van der Waals surface area contributed by atoms with Crippen LogP contribution in [0.4, 0.5) is 0 Å². The van der Waals surface area contributed by atoms with Crippen molar-refractivity contribution < 1.29 is 4.79 Å². The molecule has 4 aliphatic rings. The number of carbonyl (C=O) groups is 1. The van der Waals surface area contributed by atoms with Crippen molar-refractivity contribution in [2.24, 2.45) is 11.1 Å². The summed E-state index contributed by atoms with van der Waals surface area (Å²) < 4.78 is 0. The van der Waals surface area contributed by atoms with E-state index < -0.39 is 0 Å². The Morgan fingerprint density at radius 3 is 2.07 bits per heavy atom. The highest BCUT2D eigenvalue weighted by Gasteiger charge is 2.47. The second-order valence-electron chi connectivity index (χ2n) is 10.9. The fraction of sp³-hybridized carbons (Fsp3) is 0.958. The summed E-state index contributed by atoms with van der Waals surface area (Å²) >= 11 is 0. The Kier molecular flexibility index (Phi) is 6.87. The van der Waals surface area contributed by atoms with E-state index in [1.54, 1.807) is 0 Å². The summed E-state index contributed by atoms with van der Waals surface area (Å²) in [5, 5.41) is 3.95. The molecular weight excluding hydrogens is 360 g/mol. The van der Waals surface area contributed by atoms with Crippen LogP contribution in [0.2, 0.25) is 0 Å². The van der Waals surface area contributed by atoms with E-state index in [0.717, 1.165) is 45.4 Å². The first-order chi connectivity index (χ1) is 14.0. The van der Waals surface area contributed by atoms with Gasteiger partial charge in [-0.2, -0.15) is 0 Å². The predicted octanol–water partition coefficient (Wildman–Crippen LogP) is 3.27. The molecule has 5 nitrogen and oxygen atoms in total. The van der Waals surface area contributed by atoms with E-state index in [1.807, 2.05) is 11.9 Å². The molecular formula is C24H44N4O. The number of hydrogen-bond donors (Lipinski definition) is 2. The molecule has 2 spiro atoms. The fourth-order valence-electron chi connectivity index (χ4n) is 6.76. The molecule has 1 saturated carbocycles. The molecule has 4 fully saturated rings. The average molecular weight is 405 g/mol. The smallest absolute Gasteiger partial charge is 0.222 e. The molecule has 3 heterocycles. The number of hydrogen-bond acceptors (Lipinski definition) is 4. The van der Waals surface area contributed by atoms with E-state index in [0.29, 0.717) is 17.5 Å². The average Bonchev–Trinajstić information content (AvgIpc) is 2.96. The summed E-state index contributed by atoms with van der Waals surface area (Å²) in [5.74, 6) is 0.341. The largest absolute Gasteiger partial charge is 0.345 e. The molecule has 0 aromatic rings. The molecule has 3 N–H and O–H groups in total. The van der Waals surface area contributed by atoms with Crippen molar-refractivity contribution in [1.82, 2.24) is 15.1 Å². The molecule has 3 aliphatic heterocycles. The van der Waals surface area contributed by atoms with Gasteiger partial charge in [-0.15, -0.1) is 0 Å². The van der Waals surface area contributed by atoms with Gasteiger partial charge in [0, 0.05) is 44.2 Å². The minimum Gasteiger partial charge on any atom is -0.345 e. The Bertz CT molecular complexity index is 545. The maximum atomic E-state index is 12.1. The first kappa shape index (κ1) is 21.6. The summed E-state index contributed by atoms with van der Waals surface area (Å²) in [7, 11) is 1.97. The SMILES string of the molecule is CN1CC2(CCN(C3CC4(CCCCCCCCCC4)NCC3N)CC2)CC1=O. The van der Waals surface area contributed by atoms with Gasteiger partial charge in [0.2, 0.25) is 5.91 Å². The van der Waals surface area contributed by atoms with E-state index in [-0.39, 0.29) is 11.5 Å². The molecule has 2 atom stereocenters. The van der Waals surface area contributed by atoms with Crippen LogP contribution in [-0.4, -0.2) is 66.6 Å². The van der Waals surface area contributed by atoms with Crippen molar-refractivity contribution in [2.75, 3.05) is 33.2 Å². The van der Waals surface area contributed by atoms with Crippen molar-refractivity contribution in [3.8, 4) is 0 Å². The number of nitrogens with zero attached hydrogens (tertiary/aromatic N) is 2. The van der Waals surface area contributed by atoms with Gasteiger partial charge in [0.05, 0.1) is 0 Å². The highest BCUT2D eigenvalue weighted by Crippen LogP contribution is 2.42. The summed E-state index contributed by atoms with van der Waals surface area (Å²) in [6.07, 6.45) is 18.2. The normalized spacial score (nSPS) is 34.4. The second kappa shape index (κ2) is 9.23. The van der Waals surface area contributed by atoms with Crippen LogP contribution in [0.15, 0.2) is 0 Å². The maximum Gasteiger partial charge on any atom is 0.222 e. The summed E-state index contributed by atoms with van der Waals surface area (Å²) in [4.78, 5) is 16.8. The highest BCUT2D eigenvalue weighted by molar-refractivity contribution is 5.79. The lowest BCUT2D eigenvalue weighted by atomic mass is 9.74. The van der Waals surface area contributed by atoms with Crippen LogP contribution in [0.5, 0.6) is 0 Å². The molecule has 0 aromatic heterocycles. The monoisotopic (exact) mass is 404 g/mol. The van der Waals surface area contributed by atoms with E-state index >= 15 is 0 Å². The Balaban J connectivity index is 1.38. The van der Waals surface area contributed by atoms with E-state index in [1.165, 1.54) is 70.6 Å². The molecule has 0 bridgehead atoms. The number of piperidine rings is 2. The van der Waals surface area contributed by atoms with Crippen LogP contribution < -0.4 is 11.1 Å². The third-order valence-corrected chi connectivity index (χ3v) is 8.72. The fourth-order valence-corrected chi connectivity index (χ4v) is 6.76. The van der Waals surface area contributed by atoms with E-state index in [2.05, 4.69) is 10.2 Å². The Morgan fingerprint density at radius 1 is 0.931 bits per heavy atom. The van der Waals surface area contributed by atoms with E-state index in [4.69, 9.17) is 5.73 Å². The lowest BCUT2D eigenvalue weighted by Crippen LogP contribution is -2.66. The first-order valence-corrected chi connectivity index (χ1v) is 12.5. The third kappa shape index (κ3) is 4.99. The number of likely N-dealkylation sites (tertiary alicyclic amines) is 2. The number of rotatable bonds is 1. The zero-order valence-electron chi connectivity index (χ0n) is 18.8. The van der Waals surface area contributed by atoms with Gasteiger partial charge in [0.15, 0.2) is 0 Å². The molecule has 5 heteroatoms. The molecule has 1 aliphatic carbocycles. The van der Waals surface area contributed by atoms with Gasteiger partial charge < -0.3 is 16.0 Å². The van der Waals surface area contributed by atoms with Crippen LogP contribution >= 0.6 is 0 Å². The van der Waals surface area contributed by atoms with Crippen LogP contribution in [0, 0.1) is 5.41 Å². The third-order valence-electron chi connectivity index (χ3n) is 8.72. The summed E-state index contributed by atoms with van der Waals surface area (Å²) in [6, 6.07) is 0.745. The standard InChI is InChI=1S/C24H44N4O/c1-27-19-23(17-22(27)29)12-14-28(15-13-23)21-16-24(26-18-20(21)25)10-8-6-4-2-3-5-7-9-11-24/h20-21,26H,2-19,25H2,1H3. The van der Waals surface area contributed by atoms with E-state index in [9.17, 15) is 4.79 Å². The summed E-state index contributed by atoms with van der Waals surface area (Å²) in [6.45, 7) is 4.17. The molecule has 29 heavy (non-hydrogen) atoms. The zero-order chi connectivity index (χ0) is 20.3. The zero-order valence-corrected chi connectivity index (χ0v) is 18.8. The number of nitrogens with two attached hydrogens (primary N) is 1. The van der Waals surface area contributed by atoms with Gasteiger partial charge >= 0.3 is 0 Å². The van der Waals surface area contributed by atoms with Crippen molar-refractivity contribution in [3.05, 3.63) is 0 Å². The van der Waals surface area contributed by atoms with Crippen molar-refractivity contribution >= 4 is 5.91 Å². The number of nitrogens with one attached hydrogen (secondary N) is 1. The molecule has 4 rings (SSSR count). The Hall–Kier alpha value is -0.650. The molecule has 3 saturated heterocycles.